The van der Waals surface area contributed by atoms with Gasteiger partial charge in [0, 0.05) is 36.8 Å². The molecular formula is C12H17ClFNO2. The zero-order valence-electron chi connectivity index (χ0n) is 9.57. The highest BCUT2D eigenvalue weighted by Gasteiger charge is 2.11. The zero-order chi connectivity index (χ0) is 12.7. The lowest BCUT2D eigenvalue weighted by Gasteiger charge is -2.21. The van der Waals surface area contributed by atoms with E-state index < -0.39 is 0 Å². The summed E-state index contributed by atoms with van der Waals surface area (Å²) in [6.07, 6.45) is 0.589. The van der Waals surface area contributed by atoms with Crippen molar-refractivity contribution in [3.8, 4) is 0 Å². The van der Waals surface area contributed by atoms with E-state index in [1.807, 2.05) is 4.90 Å². The van der Waals surface area contributed by atoms with Crippen molar-refractivity contribution in [3.63, 3.8) is 0 Å². The van der Waals surface area contributed by atoms with Crippen LogP contribution in [0.5, 0.6) is 0 Å². The predicted octanol–water partition coefficient (Wildman–Crippen LogP) is 1.66. The van der Waals surface area contributed by atoms with E-state index in [9.17, 15) is 4.39 Å². The van der Waals surface area contributed by atoms with Gasteiger partial charge in [-0.15, -0.1) is 0 Å². The Morgan fingerprint density at radius 2 is 1.94 bits per heavy atom. The standard InChI is InChI=1S/C12H17ClFNO2/c13-11-3-1-4-12(14)10(11)9-15(6-8-17)5-2-7-16/h1,3-4,16-17H,2,5-9H2. The van der Waals surface area contributed by atoms with Crippen LogP contribution in [0.2, 0.25) is 5.02 Å². The first-order valence-corrected chi connectivity index (χ1v) is 5.93. The van der Waals surface area contributed by atoms with E-state index >= 15 is 0 Å². The van der Waals surface area contributed by atoms with E-state index in [-0.39, 0.29) is 19.0 Å². The van der Waals surface area contributed by atoms with Crippen LogP contribution in [0, 0.1) is 5.82 Å². The molecule has 1 aromatic carbocycles. The molecule has 2 N–H and O–H groups in total. The van der Waals surface area contributed by atoms with Crippen LogP contribution in [-0.2, 0) is 6.54 Å². The molecular weight excluding hydrogens is 245 g/mol. The Morgan fingerprint density at radius 3 is 2.53 bits per heavy atom. The second-order valence-electron chi connectivity index (χ2n) is 3.78. The number of hydrogen-bond acceptors (Lipinski definition) is 3. The van der Waals surface area contributed by atoms with Gasteiger partial charge in [0.15, 0.2) is 0 Å². The molecule has 0 aliphatic carbocycles. The molecule has 0 radical (unpaired) electrons. The molecule has 0 aliphatic heterocycles. The first-order valence-electron chi connectivity index (χ1n) is 5.56. The molecule has 1 rings (SSSR count). The van der Waals surface area contributed by atoms with Crippen LogP contribution in [0.25, 0.3) is 0 Å². The number of benzene rings is 1. The molecule has 0 bridgehead atoms. The number of rotatable bonds is 7. The average Bonchev–Trinajstić information content (AvgIpc) is 2.31. The Balaban J connectivity index is 2.70. The summed E-state index contributed by atoms with van der Waals surface area (Å²) < 4.78 is 13.6. The van der Waals surface area contributed by atoms with Gasteiger partial charge in [0.05, 0.1) is 6.61 Å². The zero-order valence-corrected chi connectivity index (χ0v) is 10.3. The monoisotopic (exact) mass is 261 g/mol. The van der Waals surface area contributed by atoms with Crippen molar-refractivity contribution in [2.24, 2.45) is 0 Å². The number of aliphatic hydroxyl groups is 2. The SMILES string of the molecule is OCCCN(CCO)Cc1c(F)cccc1Cl. The van der Waals surface area contributed by atoms with Gasteiger partial charge in [0.25, 0.3) is 0 Å². The highest BCUT2D eigenvalue weighted by Crippen LogP contribution is 2.20. The molecule has 0 heterocycles. The van der Waals surface area contributed by atoms with Gasteiger partial charge in [0.1, 0.15) is 5.82 Å². The quantitative estimate of drug-likeness (QED) is 0.785. The van der Waals surface area contributed by atoms with Crippen molar-refractivity contribution < 1.29 is 14.6 Å². The van der Waals surface area contributed by atoms with E-state index in [0.717, 1.165) is 0 Å². The number of hydrogen-bond donors (Lipinski definition) is 2. The normalized spacial score (nSPS) is 11.1. The maximum Gasteiger partial charge on any atom is 0.129 e. The molecule has 3 nitrogen and oxygen atoms in total. The van der Waals surface area contributed by atoms with E-state index in [1.165, 1.54) is 6.07 Å². The Kier molecular flexibility index (Phi) is 6.44. The van der Waals surface area contributed by atoms with E-state index in [2.05, 4.69) is 0 Å². The average molecular weight is 262 g/mol. The first kappa shape index (κ1) is 14.4. The third-order valence-electron chi connectivity index (χ3n) is 2.49. The third kappa shape index (κ3) is 4.60. The summed E-state index contributed by atoms with van der Waals surface area (Å²) in [4.78, 5) is 1.86. The highest BCUT2D eigenvalue weighted by molar-refractivity contribution is 6.31. The van der Waals surface area contributed by atoms with Gasteiger partial charge >= 0.3 is 0 Å². The molecule has 0 spiro atoms. The molecule has 0 saturated heterocycles. The van der Waals surface area contributed by atoms with E-state index in [1.54, 1.807) is 12.1 Å². The number of halogens is 2. The lowest BCUT2D eigenvalue weighted by atomic mass is 10.2. The van der Waals surface area contributed by atoms with Crippen LogP contribution < -0.4 is 0 Å². The van der Waals surface area contributed by atoms with Crippen molar-refractivity contribution in [1.29, 1.82) is 0 Å². The van der Waals surface area contributed by atoms with E-state index in [0.29, 0.717) is 36.6 Å². The summed E-state index contributed by atoms with van der Waals surface area (Å²) >= 11 is 5.93. The van der Waals surface area contributed by atoms with Crippen molar-refractivity contribution in [1.82, 2.24) is 4.90 Å². The third-order valence-corrected chi connectivity index (χ3v) is 2.85. The molecule has 0 unspecified atom stereocenters. The van der Waals surface area contributed by atoms with Gasteiger partial charge in [-0.2, -0.15) is 0 Å². The first-order chi connectivity index (χ1) is 8.19. The minimum atomic E-state index is -0.343. The van der Waals surface area contributed by atoms with Crippen molar-refractivity contribution in [2.75, 3.05) is 26.3 Å². The van der Waals surface area contributed by atoms with Gasteiger partial charge < -0.3 is 10.2 Å². The fourth-order valence-corrected chi connectivity index (χ4v) is 1.84. The predicted molar refractivity (Wildman–Crippen MR) is 65.5 cm³/mol. The lowest BCUT2D eigenvalue weighted by molar-refractivity contribution is 0.173. The molecule has 0 aromatic heterocycles. The van der Waals surface area contributed by atoms with Crippen molar-refractivity contribution >= 4 is 11.6 Å². The van der Waals surface area contributed by atoms with Crippen LogP contribution in [0.3, 0.4) is 0 Å². The minimum absolute atomic E-state index is 0.00248. The summed E-state index contributed by atoms with van der Waals surface area (Å²) in [5.74, 6) is -0.343. The molecule has 1 aromatic rings. The molecule has 0 fully saturated rings. The fraction of sp³-hybridized carbons (Fsp3) is 0.500. The van der Waals surface area contributed by atoms with Crippen LogP contribution >= 0.6 is 11.6 Å². The molecule has 0 atom stereocenters. The summed E-state index contributed by atoms with van der Waals surface area (Å²) in [5, 5.41) is 18.1. The smallest absolute Gasteiger partial charge is 0.129 e. The molecule has 96 valence electrons. The minimum Gasteiger partial charge on any atom is -0.396 e. The van der Waals surface area contributed by atoms with Crippen molar-refractivity contribution in [2.45, 2.75) is 13.0 Å². The second kappa shape index (κ2) is 7.61. The Hall–Kier alpha value is -0.680. The number of nitrogens with zero attached hydrogens (tertiary/aromatic N) is 1. The Bertz CT molecular complexity index is 329. The molecule has 5 heteroatoms. The van der Waals surface area contributed by atoms with Crippen LogP contribution in [0.1, 0.15) is 12.0 Å². The highest BCUT2D eigenvalue weighted by atomic mass is 35.5. The van der Waals surface area contributed by atoms with Gasteiger partial charge in [-0.3, -0.25) is 4.90 Å². The second-order valence-corrected chi connectivity index (χ2v) is 4.18. The summed E-state index contributed by atoms with van der Waals surface area (Å²) in [6, 6.07) is 4.57. The van der Waals surface area contributed by atoms with Gasteiger partial charge in [-0.1, -0.05) is 17.7 Å². The lowest BCUT2D eigenvalue weighted by Crippen LogP contribution is -2.28. The molecule has 17 heavy (non-hydrogen) atoms. The number of aliphatic hydroxyl groups excluding tert-OH is 2. The molecule has 0 saturated carbocycles. The topological polar surface area (TPSA) is 43.7 Å². The van der Waals surface area contributed by atoms with Gasteiger partial charge in [0.2, 0.25) is 0 Å². The Morgan fingerprint density at radius 1 is 1.18 bits per heavy atom. The molecule has 0 aliphatic rings. The summed E-state index contributed by atoms with van der Waals surface area (Å²) in [5.41, 5.74) is 0.431. The summed E-state index contributed by atoms with van der Waals surface area (Å²) in [7, 11) is 0. The Labute approximate surface area is 105 Å². The van der Waals surface area contributed by atoms with E-state index in [4.69, 9.17) is 21.8 Å². The van der Waals surface area contributed by atoms with Crippen LogP contribution in [0.15, 0.2) is 18.2 Å². The summed E-state index contributed by atoms with van der Waals surface area (Å²) in [6.45, 7) is 1.45. The van der Waals surface area contributed by atoms with Crippen LogP contribution in [-0.4, -0.2) is 41.4 Å². The van der Waals surface area contributed by atoms with Gasteiger partial charge in [-0.25, -0.2) is 4.39 Å². The van der Waals surface area contributed by atoms with Crippen molar-refractivity contribution in [3.05, 3.63) is 34.6 Å². The fourth-order valence-electron chi connectivity index (χ4n) is 1.61. The largest absolute Gasteiger partial charge is 0.396 e. The maximum atomic E-state index is 13.6. The molecule has 0 amide bonds. The maximum absolute atomic E-state index is 13.6. The van der Waals surface area contributed by atoms with Gasteiger partial charge in [-0.05, 0) is 18.6 Å². The van der Waals surface area contributed by atoms with Crippen LogP contribution in [0.4, 0.5) is 4.39 Å².